The first-order chi connectivity index (χ1) is 8.92. The lowest BCUT2D eigenvalue weighted by Gasteiger charge is -2.35. The number of halogens is 1. The van der Waals surface area contributed by atoms with Crippen LogP contribution >= 0.6 is 24.0 Å². The molecule has 0 spiro atoms. The van der Waals surface area contributed by atoms with Gasteiger partial charge in [0.15, 0.2) is 5.96 Å². The highest BCUT2D eigenvalue weighted by atomic mass is 127. The molecule has 0 radical (unpaired) electrons. The summed E-state index contributed by atoms with van der Waals surface area (Å²) in [6, 6.07) is 11.1. The number of benzene rings is 1. The molecule has 4 heteroatoms. The van der Waals surface area contributed by atoms with Gasteiger partial charge in [-0.1, -0.05) is 43.2 Å². The molecule has 0 amide bonds. The van der Waals surface area contributed by atoms with Crippen LogP contribution in [0.5, 0.6) is 0 Å². The highest BCUT2D eigenvalue weighted by Crippen LogP contribution is 2.26. The third-order valence-corrected chi connectivity index (χ3v) is 4.02. The van der Waals surface area contributed by atoms with Crippen molar-refractivity contribution in [3.8, 4) is 0 Å². The Morgan fingerprint density at radius 2 is 1.95 bits per heavy atom. The maximum absolute atomic E-state index is 4.62. The van der Waals surface area contributed by atoms with Crippen LogP contribution in [0.1, 0.15) is 31.2 Å². The van der Waals surface area contributed by atoms with E-state index in [1.165, 1.54) is 31.2 Å². The molecule has 2 aliphatic rings. The lowest BCUT2D eigenvalue weighted by molar-refractivity contribution is 0.280. The van der Waals surface area contributed by atoms with E-state index in [2.05, 4.69) is 39.9 Å². The number of nitrogens with one attached hydrogen (secondary N) is 2. The molecule has 3 nitrogen and oxygen atoms in total. The molecule has 1 fully saturated rings. The summed E-state index contributed by atoms with van der Waals surface area (Å²) in [5, 5.41) is 6.97. The Morgan fingerprint density at radius 1 is 1.16 bits per heavy atom. The Balaban J connectivity index is 0.00000133. The number of hydrogen-bond donors (Lipinski definition) is 2. The van der Waals surface area contributed by atoms with Gasteiger partial charge in [0.1, 0.15) is 0 Å². The highest BCUT2D eigenvalue weighted by Gasteiger charge is 2.28. The Labute approximate surface area is 132 Å². The summed E-state index contributed by atoms with van der Waals surface area (Å²) in [7, 11) is 0. The number of rotatable bonds is 2. The summed E-state index contributed by atoms with van der Waals surface area (Å²) in [4.78, 5) is 4.62. The van der Waals surface area contributed by atoms with Gasteiger partial charge in [-0.3, -0.25) is 4.99 Å². The van der Waals surface area contributed by atoms with Crippen molar-refractivity contribution in [2.75, 3.05) is 6.54 Å². The van der Waals surface area contributed by atoms with Gasteiger partial charge in [-0.2, -0.15) is 0 Å². The van der Waals surface area contributed by atoms with Crippen LogP contribution in [0, 0.1) is 5.92 Å². The maximum Gasteiger partial charge on any atom is 0.191 e. The minimum Gasteiger partial charge on any atom is -0.353 e. The summed E-state index contributed by atoms with van der Waals surface area (Å²) in [6.07, 6.45) is 5.38. The van der Waals surface area contributed by atoms with Crippen molar-refractivity contribution in [1.82, 2.24) is 10.6 Å². The second kappa shape index (κ2) is 7.12. The fraction of sp³-hybridized carbons (Fsp3) is 0.533. The van der Waals surface area contributed by atoms with Crippen molar-refractivity contribution < 1.29 is 0 Å². The van der Waals surface area contributed by atoms with Crippen LogP contribution in [0.25, 0.3) is 0 Å². The number of nitrogens with zero attached hydrogens (tertiary/aromatic N) is 1. The van der Waals surface area contributed by atoms with E-state index in [1.54, 1.807) is 0 Å². The van der Waals surface area contributed by atoms with Crippen LogP contribution in [0.15, 0.2) is 35.3 Å². The number of fused-ring (bicyclic) bond motifs is 1. The predicted octanol–water partition coefficient (Wildman–Crippen LogP) is 2.91. The summed E-state index contributed by atoms with van der Waals surface area (Å²) in [5.74, 6) is 1.75. The van der Waals surface area contributed by atoms with Crippen molar-refractivity contribution in [1.29, 1.82) is 0 Å². The molecule has 1 aromatic carbocycles. The molecule has 104 valence electrons. The SMILES string of the molecule is I.c1ccc(CNC2=NCC3CCCCC3N2)cc1. The van der Waals surface area contributed by atoms with Crippen LogP contribution in [-0.4, -0.2) is 18.5 Å². The molecular formula is C15H22IN3. The van der Waals surface area contributed by atoms with Crippen LogP contribution in [0.4, 0.5) is 0 Å². The van der Waals surface area contributed by atoms with Crippen molar-refractivity contribution in [2.45, 2.75) is 38.3 Å². The quantitative estimate of drug-likeness (QED) is 0.785. The molecule has 0 bridgehead atoms. The molecular weight excluding hydrogens is 349 g/mol. The van der Waals surface area contributed by atoms with E-state index in [4.69, 9.17) is 0 Å². The first-order valence-corrected chi connectivity index (χ1v) is 7.00. The fourth-order valence-electron chi connectivity index (χ4n) is 2.93. The average molecular weight is 371 g/mol. The lowest BCUT2D eigenvalue weighted by Crippen LogP contribution is -2.51. The van der Waals surface area contributed by atoms with Gasteiger partial charge >= 0.3 is 0 Å². The largest absolute Gasteiger partial charge is 0.353 e. The Morgan fingerprint density at radius 3 is 2.79 bits per heavy atom. The number of guanidine groups is 1. The van der Waals surface area contributed by atoms with Gasteiger partial charge in [0.05, 0.1) is 0 Å². The second-order valence-corrected chi connectivity index (χ2v) is 5.32. The van der Waals surface area contributed by atoms with E-state index < -0.39 is 0 Å². The topological polar surface area (TPSA) is 36.4 Å². The average Bonchev–Trinajstić information content (AvgIpc) is 2.46. The molecule has 1 aliphatic carbocycles. The van der Waals surface area contributed by atoms with Crippen molar-refractivity contribution >= 4 is 29.9 Å². The minimum absolute atomic E-state index is 0. The van der Waals surface area contributed by atoms with Crippen molar-refractivity contribution in [3.05, 3.63) is 35.9 Å². The van der Waals surface area contributed by atoms with Crippen molar-refractivity contribution in [2.24, 2.45) is 10.9 Å². The molecule has 1 aromatic rings. The molecule has 2 unspecified atom stereocenters. The van der Waals surface area contributed by atoms with Gasteiger partial charge < -0.3 is 10.6 Å². The van der Waals surface area contributed by atoms with E-state index in [9.17, 15) is 0 Å². The zero-order valence-corrected chi connectivity index (χ0v) is 13.5. The summed E-state index contributed by atoms with van der Waals surface area (Å²) in [6.45, 7) is 1.85. The van der Waals surface area contributed by atoms with E-state index >= 15 is 0 Å². The molecule has 1 aliphatic heterocycles. The van der Waals surface area contributed by atoms with Crippen LogP contribution in [-0.2, 0) is 6.54 Å². The molecule has 0 aromatic heterocycles. The molecule has 3 rings (SSSR count). The van der Waals surface area contributed by atoms with E-state index in [1.807, 2.05) is 6.07 Å². The zero-order chi connectivity index (χ0) is 12.2. The molecule has 2 atom stereocenters. The molecule has 1 heterocycles. The summed E-state index contributed by atoms with van der Waals surface area (Å²) in [5.41, 5.74) is 1.30. The number of aliphatic imine (C=N–C) groups is 1. The van der Waals surface area contributed by atoms with Gasteiger partial charge in [0.2, 0.25) is 0 Å². The summed E-state index contributed by atoms with van der Waals surface area (Å²) < 4.78 is 0. The van der Waals surface area contributed by atoms with Crippen LogP contribution in [0.2, 0.25) is 0 Å². The van der Waals surface area contributed by atoms with Gasteiger partial charge in [-0.15, -0.1) is 24.0 Å². The van der Waals surface area contributed by atoms with Gasteiger partial charge in [-0.05, 0) is 24.3 Å². The van der Waals surface area contributed by atoms with Gasteiger partial charge in [0, 0.05) is 19.1 Å². The maximum atomic E-state index is 4.62. The molecule has 0 saturated heterocycles. The van der Waals surface area contributed by atoms with Crippen LogP contribution < -0.4 is 10.6 Å². The lowest BCUT2D eigenvalue weighted by atomic mass is 9.84. The molecule has 19 heavy (non-hydrogen) atoms. The summed E-state index contributed by atoms with van der Waals surface area (Å²) >= 11 is 0. The van der Waals surface area contributed by atoms with E-state index in [-0.39, 0.29) is 24.0 Å². The van der Waals surface area contributed by atoms with Gasteiger partial charge in [-0.25, -0.2) is 0 Å². The third-order valence-electron chi connectivity index (χ3n) is 4.02. The zero-order valence-electron chi connectivity index (χ0n) is 11.1. The fourth-order valence-corrected chi connectivity index (χ4v) is 2.93. The standard InChI is InChI=1S/C15H21N3.HI/c1-2-6-12(7-3-1)10-16-15-17-11-13-8-4-5-9-14(13)18-15;/h1-3,6-7,13-14H,4-5,8-11H2,(H2,16,17,18);1H. The molecule has 2 N–H and O–H groups in total. The Kier molecular flexibility index (Phi) is 5.48. The van der Waals surface area contributed by atoms with Crippen LogP contribution in [0.3, 0.4) is 0 Å². The first-order valence-electron chi connectivity index (χ1n) is 7.00. The highest BCUT2D eigenvalue weighted by molar-refractivity contribution is 14.0. The monoisotopic (exact) mass is 371 g/mol. The normalized spacial score (nSPS) is 25.4. The predicted molar refractivity (Wildman–Crippen MR) is 89.9 cm³/mol. The first kappa shape index (κ1) is 14.6. The Bertz CT molecular complexity index is 419. The van der Waals surface area contributed by atoms with Gasteiger partial charge in [0.25, 0.3) is 0 Å². The minimum atomic E-state index is 0. The number of hydrogen-bond acceptors (Lipinski definition) is 3. The smallest absolute Gasteiger partial charge is 0.191 e. The third kappa shape index (κ3) is 3.84. The molecule has 1 saturated carbocycles. The van der Waals surface area contributed by atoms with Crippen molar-refractivity contribution in [3.63, 3.8) is 0 Å². The second-order valence-electron chi connectivity index (χ2n) is 5.32. The van der Waals surface area contributed by atoms with E-state index in [0.717, 1.165) is 25.0 Å². The van der Waals surface area contributed by atoms with E-state index in [0.29, 0.717) is 6.04 Å². The Hall–Kier alpha value is -0.780.